The molecule has 3 aromatic rings. The minimum atomic E-state index is -1.79. The highest BCUT2D eigenvalue weighted by Gasteiger charge is 2.51. The molecule has 0 aliphatic carbocycles. The van der Waals surface area contributed by atoms with Gasteiger partial charge in [-0.1, -0.05) is 0 Å². The molecule has 5 atom stereocenters. The van der Waals surface area contributed by atoms with Crippen LogP contribution in [-0.4, -0.2) is 70.2 Å². The third-order valence-corrected chi connectivity index (χ3v) is 5.47. The highest BCUT2D eigenvalue weighted by Crippen LogP contribution is 2.34. The van der Waals surface area contributed by atoms with Gasteiger partial charge in [-0.05, 0) is 24.3 Å². The number of hydrogen-bond donors (Lipinski definition) is 4. The molecule has 1 aliphatic heterocycles. The van der Waals surface area contributed by atoms with Crippen LogP contribution in [0.3, 0.4) is 0 Å². The number of esters is 2. The van der Waals surface area contributed by atoms with Gasteiger partial charge in [0.05, 0.1) is 7.11 Å². The maximum atomic E-state index is 12.7. The van der Waals surface area contributed by atoms with E-state index in [0.29, 0.717) is 5.56 Å². The van der Waals surface area contributed by atoms with Gasteiger partial charge in [0.15, 0.2) is 17.6 Å². The Bertz CT molecular complexity index is 1350. The number of carbonyl (C=O) groups excluding carboxylic acids is 2. The van der Waals surface area contributed by atoms with Crippen molar-refractivity contribution in [3.05, 3.63) is 52.7 Å². The smallest absolute Gasteiger partial charge is 0.337 e. The van der Waals surface area contributed by atoms with E-state index in [-0.39, 0.29) is 28.2 Å². The number of carbonyl (C=O) groups is 2. The summed E-state index contributed by atoms with van der Waals surface area (Å²) >= 11 is 0. The van der Waals surface area contributed by atoms with Crippen LogP contribution in [0.15, 0.2) is 51.7 Å². The van der Waals surface area contributed by atoms with Crippen molar-refractivity contribution in [2.24, 2.45) is 0 Å². The lowest BCUT2D eigenvalue weighted by molar-refractivity contribution is -0.276. The summed E-state index contributed by atoms with van der Waals surface area (Å²) in [6.45, 7) is 1.06. The molecular formula is C24H22O12. The summed E-state index contributed by atoms with van der Waals surface area (Å²) in [5.74, 6) is -2.32. The zero-order chi connectivity index (χ0) is 26.1. The molecular weight excluding hydrogens is 480 g/mol. The fourth-order valence-corrected chi connectivity index (χ4v) is 3.77. The number of aromatic hydroxyl groups is 2. The predicted octanol–water partition coefficient (Wildman–Crippen LogP) is 0.801. The highest BCUT2D eigenvalue weighted by atomic mass is 16.7. The topological polar surface area (TPSA) is 182 Å². The van der Waals surface area contributed by atoms with Gasteiger partial charge in [0.2, 0.25) is 6.29 Å². The van der Waals surface area contributed by atoms with Crippen molar-refractivity contribution in [3.8, 4) is 28.6 Å². The van der Waals surface area contributed by atoms with Gasteiger partial charge in [0.25, 0.3) is 0 Å². The molecule has 12 heteroatoms. The molecule has 1 fully saturated rings. The molecule has 12 nitrogen and oxygen atoms in total. The molecule has 2 heterocycles. The van der Waals surface area contributed by atoms with Gasteiger partial charge in [0.1, 0.15) is 46.2 Å². The number of hydrogen-bond acceptors (Lipinski definition) is 12. The fourth-order valence-electron chi connectivity index (χ4n) is 3.77. The number of phenols is 2. The average molecular weight is 502 g/mol. The second-order valence-electron chi connectivity index (χ2n) is 7.96. The summed E-state index contributed by atoms with van der Waals surface area (Å²) in [4.78, 5) is 36.3. The van der Waals surface area contributed by atoms with E-state index in [1.54, 1.807) is 0 Å². The SMILES string of the molecule is COC(=O)[C@H]1O[C@@H](Oc2cc(O)c3c(=O)cc(-c4ccc(O)cc4)oc3c2)[C@@H](OC(C)=O)[C@@H](O)[C@@H]1O. The lowest BCUT2D eigenvalue weighted by Crippen LogP contribution is -2.62. The van der Waals surface area contributed by atoms with Crippen LogP contribution in [0.1, 0.15) is 6.92 Å². The molecule has 4 rings (SSSR count). The monoisotopic (exact) mass is 502 g/mol. The number of benzene rings is 2. The Hall–Kier alpha value is -4.13. The largest absolute Gasteiger partial charge is 0.508 e. The minimum Gasteiger partial charge on any atom is -0.508 e. The Balaban J connectivity index is 1.73. The Morgan fingerprint density at radius 2 is 1.69 bits per heavy atom. The van der Waals surface area contributed by atoms with Gasteiger partial charge < -0.3 is 43.8 Å². The molecule has 4 N–H and O–H groups in total. The minimum absolute atomic E-state index is 0.0163. The Morgan fingerprint density at radius 3 is 2.33 bits per heavy atom. The first kappa shape index (κ1) is 25.0. The van der Waals surface area contributed by atoms with E-state index >= 15 is 0 Å². The number of rotatable bonds is 5. The molecule has 0 saturated carbocycles. The predicted molar refractivity (Wildman–Crippen MR) is 120 cm³/mol. The van der Waals surface area contributed by atoms with E-state index in [0.717, 1.165) is 20.1 Å². The molecule has 0 radical (unpaired) electrons. The number of phenolic OH excluding ortho intramolecular Hbond substituents is 2. The van der Waals surface area contributed by atoms with Crippen LogP contribution in [0.5, 0.6) is 17.2 Å². The van der Waals surface area contributed by atoms with Gasteiger partial charge in [-0.15, -0.1) is 0 Å². The zero-order valence-corrected chi connectivity index (χ0v) is 19.0. The van der Waals surface area contributed by atoms with Crippen molar-refractivity contribution >= 4 is 22.9 Å². The summed E-state index contributed by atoms with van der Waals surface area (Å²) in [5.41, 5.74) is -0.161. The maximum Gasteiger partial charge on any atom is 0.337 e. The normalized spacial score (nSPS) is 23.7. The number of aliphatic hydroxyl groups excluding tert-OH is 2. The number of fused-ring (bicyclic) bond motifs is 1. The molecule has 0 bridgehead atoms. The number of ether oxygens (including phenoxy) is 4. The van der Waals surface area contributed by atoms with E-state index in [1.807, 2.05) is 0 Å². The van der Waals surface area contributed by atoms with Crippen LogP contribution in [0, 0.1) is 0 Å². The standard InChI is InChI=1S/C24H22O12/c1-10(25)33-22-20(30)19(29)21(23(31)32-2)36-24(22)34-13-7-14(27)18-15(28)9-16(35-17(18)8-13)11-3-5-12(26)6-4-11/h3-9,19-22,24,26-27,29-30H,1-2H3/t19-,20-,21-,22-,24+/m0/s1. The van der Waals surface area contributed by atoms with E-state index in [1.165, 1.54) is 36.4 Å². The van der Waals surface area contributed by atoms with Crippen LogP contribution in [0.4, 0.5) is 0 Å². The first-order valence-corrected chi connectivity index (χ1v) is 10.6. The Kier molecular flexibility index (Phi) is 6.84. The van der Waals surface area contributed by atoms with Crippen molar-refractivity contribution in [1.29, 1.82) is 0 Å². The number of aliphatic hydroxyl groups is 2. The molecule has 1 aromatic heterocycles. The van der Waals surface area contributed by atoms with Crippen molar-refractivity contribution in [1.82, 2.24) is 0 Å². The molecule has 1 aliphatic rings. The van der Waals surface area contributed by atoms with Crippen LogP contribution < -0.4 is 10.2 Å². The summed E-state index contributed by atoms with van der Waals surface area (Å²) in [6, 6.07) is 9.36. The third kappa shape index (κ3) is 4.82. The summed E-state index contributed by atoms with van der Waals surface area (Å²) < 4.78 is 26.5. The summed E-state index contributed by atoms with van der Waals surface area (Å²) in [6.07, 6.45) is -8.44. The summed E-state index contributed by atoms with van der Waals surface area (Å²) in [5, 5.41) is 40.5. The van der Waals surface area contributed by atoms with Crippen LogP contribution >= 0.6 is 0 Å². The van der Waals surface area contributed by atoms with Gasteiger partial charge in [-0.25, -0.2) is 4.79 Å². The van der Waals surface area contributed by atoms with Gasteiger partial charge in [-0.2, -0.15) is 0 Å². The maximum absolute atomic E-state index is 12.7. The van der Waals surface area contributed by atoms with Gasteiger partial charge in [-0.3, -0.25) is 9.59 Å². The molecule has 2 aromatic carbocycles. The molecule has 1 saturated heterocycles. The lowest BCUT2D eigenvalue weighted by atomic mass is 9.98. The molecule has 36 heavy (non-hydrogen) atoms. The number of methoxy groups -OCH3 is 1. The van der Waals surface area contributed by atoms with Crippen molar-refractivity contribution in [3.63, 3.8) is 0 Å². The van der Waals surface area contributed by atoms with Crippen LogP contribution in [0.2, 0.25) is 0 Å². The van der Waals surface area contributed by atoms with Crippen LogP contribution in [-0.2, 0) is 23.8 Å². The van der Waals surface area contributed by atoms with Crippen molar-refractivity contribution in [2.75, 3.05) is 7.11 Å². The Morgan fingerprint density at radius 1 is 1.00 bits per heavy atom. The van der Waals surface area contributed by atoms with Gasteiger partial charge >= 0.3 is 11.9 Å². The molecule has 0 amide bonds. The zero-order valence-electron chi connectivity index (χ0n) is 19.0. The average Bonchev–Trinajstić information content (AvgIpc) is 2.82. The van der Waals surface area contributed by atoms with Crippen LogP contribution in [0.25, 0.3) is 22.3 Å². The highest BCUT2D eigenvalue weighted by molar-refractivity contribution is 5.86. The first-order chi connectivity index (χ1) is 17.1. The second kappa shape index (κ2) is 9.85. The van der Waals surface area contributed by atoms with E-state index in [2.05, 4.69) is 4.74 Å². The van der Waals surface area contributed by atoms with E-state index in [9.17, 15) is 34.8 Å². The first-order valence-electron chi connectivity index (χ1n) is 10.6. The Labute approximate surface area is 202 Å². The summed E-state index contributed by atoms with van der Waals surface area (Å²) in [7, 11) is 1.05. The quantitative estimate of drug-likeness (QED) is 0.361. The fraction of sp³-hybridized carbons (Fsp3) is 0.292. The second-order valence-corrected chi connectivity index (χ2v) is 7.96. The molecule has 0 unspecified atom stereocenters. The van der Waals surface area contributed by atoms with E-state index in [4.69, 9.17) is 18.6 Å². The molecule has 0 spiro atoms. The van der Waals surface area contributed by atoms with Crippen molar-refractivity contribution in [2.45, 2.75) is 37.6 Å². The van der Waals surface area contributed by atoms with Crippen molar-refractivity contribution < 1.29 is 53.4 Å². The molecule has 190 valence electrons. The van der Waals surface area contributed by atoms with Gasteiger partial charge in [0, 0.05) is 30.7 Å². The lowest BCUT2D eigenvalue weighted by Gasteiger charge is -2.40. The third-order valence-electron chi connectivity index (χ3n) is 5.47. The van der Waals surface area contributed by atoms with E-state index < -0.39 is 53.8 Å².